The van der Waals surface area contributed by atoms with Gasteiger partial charge in [0.25, 0.3) is 5.91 Å². The Morgan fingerprint density at radius 1 is 1.19 bits per heavy atom. The van der Waals surface area contributed by atoms with Crippen LogP contribution < -0.4 is 5.32 Å². The average Bonchev–Trinajstić information content (AvgIpc) is 2.43. The van der Waals surface area contributed by atoms with Crippen LogP contribution in [0.4, 0.5) is 5.69 Å². The Kier molecular flexibility index (Phi) is 4.72. The molecular weight excluding hydrogens is 317 g/mol. The van der Waals surface area contributed by atoms with Gasteiger partial charge < -0.3 is 10.4 Å². The summed E-state index contributed by atoms with van der Waals surface area (Å²) in [5.74, 6) is -1.39. The van der Waals surface area contributed by atoms with Crippen LogP contribution in [0, 0.1) is 0 Å². The van der Waals surface area contributed by atoms with Crippen molar-refractivity contribution in [3.05, 3.63) is 52.0 Å². The van der Waals surface area contributed by atoms with Gasteiger partial charge in [0.1, 0.15) is 5.15 Å². The Morgan fingerprint density at radius 2 is 1.95 bits per heavy atom. The molecule has 0 aliphatic rings. The van der Waals surface area contributed by atoms with Crippen LogP contribution in [0.5, 0.6) is 0 Å². The van der Waals surface area contributed by atoms with Gasteiger partial charge in [-0.05, 0) is 18.2 Å². The molecule has 0 bridgehead atoms. The van der Waals surface area contributed by atoms with E-state index in [0.29, 0.717) is 11.4 Å². The fourth-order valence-corrected chi connectivity index (χ4v) is 1.78. The van der Waals surface area contributed by atoms with E-state index in [4.69, 9.17) is 28.3 Å². The van der Waals surface area contributed by atoms with Gasteiger partial charge in [0.15, 0.2) is 0 Å². The zero-order valence-corrected chi connectivity index (χ0v) is 12.0. The summed E-state index contributed by atoms with van der Waals surface area (Å²) in [5, 5.41) is 11.5. The van der Waals surface area contributed by atoms with Crippen molar-refractivity contribution < 1.29 is 14.7 Å². The van der Waals surface area contributed by atoms with Gasteiger partial charge in [-0.2, -0.15) is 0 Å². The van der Waals surface area contributed by atoms with Crippen LogP contribution >= 0.6 is 23.2 Å². The molecule has 0 fully saturated rings. The normalized spacial score (nSPS) is 10.2. The lowest BCUT2D eigenvalue weighted by Crippen LogP contribution is -2.13. The minimum atomic E-state index is -0.971. The molecule has 0 atom stereocenters. The number of hydrogen-bond acceptors (Lipinski definition) is 4. The van der Waals surface area contributed by atoms with Gasteiger partial charge in [0.05, 0.1) is 34.6 Å². The van der Waals surface area contributed by atoms with Crippen molar-refractivity contribution in [1.82, 2.24) is 9.97 Å². The van der Waals surface area contributed by atoms with E-state index in [1.54, 1.807) is 6.07 Å². The molecule has 0 saturated carbocycles. The highest BCUT2D eigenvalue weighted by atomic mass is 35.5. The number of aliphatic carboxylic acids is 1. The number of amides is 1. The maximum Gasteiger partial charge on any atom is 0.309 e. The lowest BCUT2D eigenvalue weighted by atomic mass is 10.2. The lowest BCUT2D eigenvalue weighted by molar-refractivity contribution is -0.136. The van der Waals surface area contributed by atoms with Crippen molar-refractivity contribution in [1.29, 1.82) is 0 Å². The number of carboxylic acid groups (broad SMARTS) is 1. The van der Waals surface area contributed by atoms with Crippen LogP contribution in [0.25, 0.3) is 0 Å². The van der Waals surface area contributed by atoms with Crippen molar-refractivity contribution >= 4 is 40.8 Å². The van der Waals surface area contributed by atoms with E-state index in [9.17, 15) is 9.59 Å². The molecule has 0 unspecified atom stereocenters. The van der Waals surface area contributed by atoms with Crippen LogP contribution in [-0.4, -0.2) is 27.0 Å². The van der Waals surface area contributed by atoms with Crippen molar-refractivity contribution in [2.75, 3.05) is 5.32 Å². The minimum absolute atomic E-state index is 0.118. The summed E-state index contributed by atoms with van der Waals surface area (Å²) in [7, 11) is 0. The van der Waals surface area contributed by atoms with Gasteiger partial charge in [-0.3, -0.25) is 14.6 Å². The standard InChI is InChI=1S/C13H9Cl2N3O3/c14-10-3-7(5-17-12(10)15)13(21)18-9-2-1-8(16-6-9)4-11(19)20/h1-3,5-6H,4H2,(H,18,21)(H,19,20). The molecule has 2 aromatic rings. The Hall–Kier alpha value is -2.18. The van der Waals surface area contributed by atoms with E-state index < -0.39 is 11.9 Å². The highest BCUT2D eigenvalue weighted by Crippen LogP contribution is 2.20. The number of halogens is 2. The smallest absolute Gasteiger partial charge is 0.309 e. The first kappa shape index (κ1) is 15.2. The summed E-state index contributed by atoms with van der Waals surface area (Å²) in [6.07, 6.45) is 2.50. The summed E-state index contributed by atoms with van der Waals surface area (Å²) >= 11 is 11.5. The number of nitrogens with zero attached hydrogens (tertiary/aromatic N) is 2. The third-order valence-corrected chi connectivity index (χ3v) is 3.16. The molecule has 1 amide bonds. The highest BCUT2D eigenvalue weighted by molar-refractivity contribution is 6.41. The molecule has 0 spiro atoms. The third kappa shape index (κ3) is 4.14. The monoisotopic (exact) mass is 325 g/mol. The summed E-state index contributed by atoms with van der Waals surface area (Å²) in [4.78, 5) is 30.2. The molecule has 0 aromatic carbocycles. The summed E-state index contributed by atoms with van der Waals surface area (Å²) in [5.41, 5.74) is 1.08. The van der Waals surface area contributed by atoms with Crippen LogP contribution in [0.2, 0.25) is 10.2 Å². The number of carboxylic acids is 1. The molecule has 0 saturated heterocycles. The van der Waals surface area contributed by atoms with E-state index >= 15 is 0 Å². The van der Waals surface area contributed by atoms with Crippen molar-refractivity contribution in [3.8, 4) is 0 Å². The number of carbonyl (C=O) groups is 2. The van der Waals surface area contributed by atoms with Gasteiger partial charge in [-0.25, -0.2) is 4.98 Å². The van der Waals surface area contributed by atoms with Crippen LogP contribution in [0.3, 0.4) is 0 Å². The molecule has 0 aliphatic heterocycles. The topological polar surface area (TPSA) is 92.2 Å². The fourth-order valence-electron chi connectivity index (χ4n) is 1.51. The summed E-state index contributed by atoms with van der Waals surface area (Å²) in [6.45, 7) is 0. The molecule has 8 heteroatoms. The average molecular weight is 326 g/mol. The Bertz CT molecular complexity index is 690. The second-order valence-corrected chi connectivity index (χ2v) is 4.82. The van der Waals surface area contributed by atoms with Crippen LogP contribution in [0.1, 0.15) is 16.1 Å². The van der Waals surface area contributed by atoms with Crippen molar-refractivity contribution in [2.45, 2.75) is 6.42 Å². The Labute approximate surface area is 129 Å². The van der Waals surface area contributed by atoms with Crippen LogP contribution in [0.15, 0.2) is 30.6 Å². The van der Waals surface area contributed by atoms with Gasteiger partial charge in [-0.1, -0.05) is 23.2 Å². The molecule has 6 nitrogen and oxygen atoms in total. The minimum Gasteiger partial charge on any atom is -0.481 e. The van der Waals surface area contributed by atoms with E-state index in [1.807, 2.05) is 0 Å². The predicted molar refractivity (Wildman–Crippen MR) is 77.8 cm³/mol. The van der Waals surface area contributed by atoms with Crippen LogP contribution in [-0.2, 0) is 11.2 Å². The molecule has 2 rings (SSSR count). The van der Waals surface area contributed by atoms with Gasteiger partial charge >= 0.3 is 5.97 Å². The SMILES string of the molecule is O=C(O)Cc1ccc(NC(=O)c2cnc(Cl)c(Cl)c2)cn1. The number of anilines is 1. The second-order valence-electron chi connectivity index (χ2n) is 4.06. The van der Waals surface area contributed by atoms with Gasteiger partial charge in [0.2, 0.25) is 0 Å². The molecule has 21 heavy (non-hydrogen) atoms. The first-order chi connectivity index (χ1) is 9.95. The van der Waals surface area contributed by atoms with E-state index in [-0.39, 0.29) is 22.2 Å². The first-order valence-electron chi connectivity index (χ1n) is 5.75. The largest absolute Gasteiger partial charge is 0.481 e. The zero-order valence-electron chi connectivity index (χ0n) is 10.5. The number of nitrogens with one attached hydrogen (secondary N) is 1. The van der Waals surface area contributed by atoms with Crippen molar-refractivity contribution in [3.63, 3.8) is 0 Å². The van der Waals surface area contributed by atoms with E-state index in [0.717, 1.165) is 0 Å². The number of rotatable bonds is 4. The molecule has 0 radical (unpaired) electrons. The molecular formula is C13H9Cl2N3O3. The second kappa shape index (κ2) is 6.51. The Morgan fingerprint density at radius 3 is 2.52 bits per heavy atom. The quantitative estimate of drug-likeness (QED) is 0.843. The first-order valence-corrected chi connectivity index (χ1v) is 6.50. The lowest BCUT2D eigenvalue weighted by Gasteiger charge is -2.06. The molecule has 2 N–H and O–H groups in total. The molecule has 2 aromatic heterocycles. The highest BCUT2D eigenvalue weighted by Gasteiger charge is 2.10. The molecule has 108 valence electrons. The van der Waals surface area contributed by atoms with E-state index in [2.05, 4.69) is 15.3 Å². The maximum absolute atomic E-state index is 12.0. The summed E-state index contributed by atoms with van der Waals surface area (Å²) < 4.78 is 0. The predicted octanol–water partition coefficient (Wildman–Crippen LogP) is 2.66. The van der Waals surface area contributed by atoms with Gasteiger partial charge in [-0.15, -0.1) is 0 Å². The summed E-state index contributed by atoms with van der Waals surface area (Å²) in [6, 6.07) is 4.49. The third-order valence-electron chi connectivity index (χ3n) is 2.47. The zero-order chi connectivity index (χ0) is 15.4. The molecule has 2 heterocycles. The fraction of sp³-hybridized carbons (Fsp3) is 0.0769. The number of aromatic nitrogens is 2. The van der Waals surface area contributed by atoms with Gasteiger partial charge in [0, 0.05) is 6.20 Å². The number of hydrogen-bond donors (Lipinski definition) is 2. The Balaban J connectivity index is 2.08. The van der Waals surface area contributed by atoms with Crippen molar-refractivity contribution in [2.24, 2.45) is 0 Å². The number of carbonyl (C=O) groups excluding carboxylic acids is 1. The van der Waals surface area contributed by atoms with E-state index in [1.165, 1.54) is 24.5 Å². The maximum atomic E-state index is 12.0. The number of pyridine rings is 2. The molecule has 0 aliphatic carbocycles.